The lowest BCUT2D eigenvalue weighted by Crippen LogP contribution is -2.53. The van der Waals surface area contributed by atoms with Crippen LogP contribution in [0.25, 0.3) is 0 Å². The summed E-state index contributed by atoms with van der Waals surface area (Å²) >= 11 is 1.77. The minimum atomic E-state index is -0.0119. The lowest BCUT2D eigenvalue weighted by Gasteiger charge is -2.34. The summed E-state index contributed by atoms with van der Waals surface area (Å²) in [6.45, 7) is 4.69. The smallest absolute Gasteiger partial charge is 0.318 e. The Morgan fingerprint density at radius 1 is 1.37 bits per heavy atom. The molecular weight excluding hydrogens is 266 g/mol. The molecule has 1 aromatic heterocycles. The third-order valence-corrected chi connectivity index (χ3v) is 4.33. The first-order valence-electron chi connectivity index (χ1n) is 6.39. The second-order valence-electron chi connectivity index (χ2n) is 4.69. The van der Waals surface area contributed by atoms with Crippen molar-refractivity contribution >= 4 is 23.7 Å². The van der Waals surface area contributed by atoms with Gasteiger partial charge in [-0.15, -0.1) is 16.9 Å². The number of aryl methyl sites for hydroxylation is 1. The van der Waals surface area contributed by atoms with Crippen LogP contribution in [0.3, 0.4) is 0 Å². The number of hydrogen-bond donors (Lipinski definition) is 1. The first-order chi connectivity index (χ1) is 9.24. The Hall–Kier alpha value is -1.28. The van der Waals surface area contributed by atoms with Crippen molar-refractivity contribution in [3.63, 3.8) is 0 Å². The molecular formula is C11H17N5O2S. The Bertz CT molecular complexity index is 452. The summed E-state index contributed by atoms with van der Waals surface area (Å²) in [5.41, 5.74) is 0. The van der Waals surface area contributed by atoms with E-state index < -0.39 is 0 Å². The fourth-order valence-electron chi connectivity index (χ4n) is 2.31. The third kappa shape index (κ3) is 2.69. The number of anilines is 1. The van der Waals surface area contributed by atoms with E-state index in [0.29, 0.717) is 25.0 Å². The van der Waals surface area contributed by atoms with Crippen molar-refractivity contribution < 1.29 is 9.21 Å². The standard InChI is InChI=1S/C11H17N5O2S/c1-8-13-14-11(18-8)16-4-2-15(3-5-16)10(17)9-6-19-7-12-9/h9,12H,2-7H2,1H3. The highest BCUT2D eigenvalue weighted by Crippen LogP contribution is 2.16. The number of nitrogens with zero attached hydrogens (tertiary/aromatic N) is 4. The van der Waals surface area contributed by atoms with Gasteiger partial charge in [0.1, 0.15) is 0 Å². The molecule has 19 heavy (non-hydrogen) atoms. The average Bonchev–Trinajstić information content (AvgIpc) is 3.09. The number of piperazine rings is 1. The van der Waals surface area contributed by atoms with E-state index in [9.17, 15) is 4.79 Å². The van der Waals surface area contributed by atoms with Crippen LogP contribution in [-0.4, -0.2) is 64.9 Å². The van der Waals surface area contributed by atoms with Gasteiger partial charge in [-0.05, 0) is 0 Å². The summed E-state index contributed by atoms with van der Waals surface area (Å²) in [6, 6.07) is 0.543. The zero-order valence-corrected chi connectivity index (χ0v) is 11.7. The first-order valence-corrected chi connectivity index (χ1v) is 7.54. The van der Waals surface area contributed by atoms with Crippen LogP contribution in [0.2, 0.25) is 0 Å². The van der Waals surface area contributed by atoms with Crippen molar-refractivity contribution in [2.45, 2.75) is 13.0 Å². The number of nitrogens with one attached hydrogen (secondary N) is 1. The van der Waals surface area contributed by atoms with Gasteiger partial charge in [0.05, 0.1) is 6.04 Å². The van der Waals surface area contributed by atoms with Crippen LogP contribution in [0.1, 0.15) is 5.89 Å². The molecule has 7 nitrogen and oxygen atoms in total. The van der Waals surface area contributed by atoms with Gasteiger partial charge in [0.2, 0.25) is 11.8 Å². The van der Waals surface area contributed by atoms with E-state index >= 15 is 0 Å². The zero-order chi connectivity index (χ0) is 13.2. The molecule has 1 atom stereocenters. The highest BCUT2D eigenvalue weighted by molar-refractivity contribution is 7.99. The maximum atomic E-state index is 12.2. The van der Waals surface area contributed by atoms with Gasteiger partial charge in [-0.25, -0.2) is 0 Å². The van der Waals surface area contributed by atoms with Gasteiger partial charge in [0.15, 0.2) is 0 Å². The Balaban J connectivity index is 1.55. The lowest BCUT2D eigenvalue weighted by molar-refractivity contribution is -0.132. The molecule has 1 aromatic rings. The first kappa shape index (κ1) is 12.7. The van der Waals surface area contributed by atoms with Crippen molar-refractivity contribution in [3.05, 3.63) is 5.89 Å². The molecule has 0 spiro atoms. The Labute approximate surface area is 115 Å². The predicted octanol–water partition coefficient (Wildman–Crippen LogP) is -0.311. The molecule has 0 radical (unpaired) electrons. The minimum Gasteiger partial charge on any atom is -0.408 e. The van der Waals surface area contributed by atoms with E-state index in [1.807, 2.05) is 9.80 Å². The maximum absolute atomic E-state index is 12.2. The van der Waals surface area contributed by atoms with E-state index in [2.05, 4.69) is 15.5 Å². The molecule has 2 aliphatic heterocycles. The highest BCUT2D eigenvalue weighted by Gasteiger charge is 2.30. The van der Waals surface area contributed by atoms with Gasteiger partial charge in [0.25, 0.3) is 0 Å². The normalized spacial score (nSPS) is 23.9. The molecule has 1 amide bonds. The SMILES string of the molecule is Cc1nnc(N2CCN(C(=O)C3CSCN3)CC2)o1. The molecule has 1 N–H and O–H groups in total. The number of rotatable bonds is 2. The third-order valence-electron chi connectivity index (χ3n) is 3.39. The lowest BCUT2D eigenvalue weighted by atomic mass is 10.2. The quantitative estimate of drug-likeness (QED) is 0.798. The van der Waals surface area contributed by atoms with Crippen LogP contribution in [-0.2, 0) is 4.79 Å². The monoisotopic (exact) mass is 283 g/mol. The maximum Gasteiger partial charge on any atom is 0.318 e. The molecule has 2 saturated heterocycles. The van der Waals surface area contributed by atoms with Gasteiger partial charge in [-0.3, -0.25) is 10.1 Å². The summed E-state index contributed by atoms with van der Waals surface area (Å²) in [7, 11) is 0. The molecule has 1 unspecified atom stereocenters. The van der Waals surface area contributed by atoms with Crippen molar-refractivity contribution in [3.8, 4) is 0 Å². The number of carbonyl (C=O) groups is 1. The van der Waals surface area contributed by atoms with Crippen LogP contribution in [0.4, 0.5) is 6.01 Å². The van der Waals surface area contributed by atoms with Crippen LogP contribution in [0.5, 0.6) is 0 Å². The van der Waals surface area contributed by atoms with Crippen molar-refractivity contribution in [2.24, 2.45) is 0 Å². The summed E-state index contributed by atoms with van der Waals surface area (Å²) in [4.78, 5) is 16.2. The fraction of sp³-hybridized carbons (Fsp3) is 0.727. The molecule has 0 saturated carbocycles. The summed E-state index contributed by atoms with van der Waals surface area (Å²) < 4.78 is 5.40. The molecule has 3 heterocycles. The van der Waals surface area contributed by atoms with Gasteiger partial charge in [0, 0.05) is 44.7 Å². The Kier molecular flexibility index (Phi) is 3.61. The number of aromatic nitrogens is 2. The second-order valence-corrected chi connectivity index (χ2v) is 5.72. The van der Waals surface area contributed by atoms with E-state index in [-0.39, 0.29) is 11.9 Å². The number of hydrogen-bond acceptors (Lipinski definition) is 7. The Morgan fingerprint density at radius 3 is 2.74 bits per heavy atom. The molecule has 3 rings (SSSR count). The van der Waals surface area contributed by atoms with Crippen LogP contribution < -0.4 is 10.2 Å². The van der Waals surface area contributed by atoms with Gasteiger partial charge in [-0.2, -0.15) is 0 Å². The molecule has 2 aliphatic rings. The minimum absolute atomic E-state index is 0.0119. The molecule has 0 aliphatic carbocycles. The Morgan fingerprint density at radius 2 is 2.16 bits per heavy atom. The highest BCUT2D eigenvalue weighted by atomic mass is 32.2. The molecule has 0 aromatic carbocycles. The number of carbonyl (C=O) groups excluding carboxylic acids is 1. The molecule has 2 fully saturated rings. The van der Waals surface area contributed by atoms with Crippen molar-refractivity contribution in [2.75, 3.05) is 42.7 Å². The van der Waals surface area contributed by atoms with E-state index in [1.54, 1.807) is 18.7 Å². The van der Waals surface area contributed by atoms with Crippen LogP contribution in [0.15, 0.2) is 4.42 Å². The number of amides is 1. The summed E-state index contributed by atoms with van der Waals surface area (Å²) in [5.74, 6) is 2.53. The summed E-state index contributed by atoms with van der Waals surface area (Å²) in [6.07, 6.45) is 0. The van der Waals surface area contributed by atoms with Crippen molar-refractivity contribution in [1.29, 1.82) is 0 Å². The van der Waals surface area contributed by atoms with Gasteiger partial charge in [-0.1, -0.05) is 5.10 Å². The topological polar surface area (TPSA) is 74.5 Å². The van der Waals surface area contributed by atoms with E-state index in [4.69, 9.17) is 4.42 Å². The van der Waals surface area contributed by atoms with Gasteiger partial charge < -0.3 is 14.2 Å². The second kappa shape index (κ2) is 5.38. The summed E-state index contributed by atoms with van der Waals surface area (Å²) in [5, 5.41) is 11.1. The molecule has 104 valence electrons. The molecule has 0 bridgehead atoms. The molecule has 8 heteroatoms. The number of thioether (sulfide) groups is 1. The van der Waals surface area contributed by atoms with Crippen LogP contribution in [0, 0.1) is 6.92 Å². The fourth-order valence-corrected chi connectivity index (χ4v) is 3.24. The largest absolute Gasteiger partial charge is 0.408 e. The zero-order valence-electron chi connectivity index (χ0n) is 10.8. The van der Waals surface area contributed by atoms with Crippen LogP contribution >= 0.6 is 11.8 Å². The van der Waals surface area contributed by atoms with Gasteiger partial charge >= 0.3 is 6.01 Å². The van der Waals surface area contributed by atoms with E-state index in [1.165, 1.54) is 0 Å². The average molecular weight is 283 g/mol. The predicted molar refractivity (Wildman–Crippen MR) is 72.1 cm³/mol. The van der Waals surface area contributed by atoms with Crippen molar-refractivity contribution in [1.82, 2.24) is 20.4 Å². The van der Waals surface area contributed by atoms with E-state index in [0.717, 1.165) is 24.7 Å².